The second-order valence-corrected chi connectivity index (χ2v) is 13.3. The molecule has 2 aliphatic rings. The third kappa shape index (κ3) is 6.84. The summed E-state index contributed by atoms with van der Waals surface area (Å²) in [5.41, 5.74) is 4.66. The van der Waals surface area contributed by atoms with Gasteiger partial charge in [0, 0.05) is 50.0 Å². The van der Waals surface area contributed by atoms with Crippen LogP contribution in [0.2, 0.25) is 0 Å². The van der Waals surface area contributed by atoms with Crippen molar-refractivity contribution in [2.45, 2.75) is 39.0 Å². The molecule has 0 spiro atoms. The third-order valence-corrected chi connectivity index (χ3v) is 8.04. The van der Waals surface area contributed by atoms with Gasteiger partial charge in [-0.25, -0.2) is 18.2 Å². The molecule has 2 amide bonds. The summed E-state index contributed by atoms with van der Waals surface area (Å²) in [6, 6.07) is 5.41. The minimum absolute atomic E-state index is 0.215. The first kappa shape index (κ1) is 30.4. The van der Waals surface area contributed by atoms with E-state index in [-0.39, 0.29) is 22.8 Å². The van der Waals surface area contributed by atoms with Gasteiger partial charge in [-0.05, 0) is 53.2 Å². The predicted octanol–water partition coefficient (Wildman–Crippen LogP) is 3.92. The summed E-state index contributed by atoms with van der Waals surface area (Å²) in [4.78, 5) is 32.0. The van der Waals surface area contributed by atoms with Crippen molar-refractivity contribution in [1.82, 2.24) is 14.4 Å². The molecule has 13 heteroatoms. The molecule has 1 aromatic carbocycles. The Labute approximate surface area is 240 Å². The number of ether oxygens (including phenoxy) is 1. The highest BCUT2D eigenvalue weighted by Gasteiger charge is 2.28. The van der Waals surface area contributed by atoms with Crippen molar-refractivity contribution in [2.24, 2.45) is 7.05 Å². The summed E-state index contributed by atoms with van der Waals surface area (Å²) in [5.74, 6) is -0.138. The highest BCUT2D eigenvalue weighted by Crippen LogP contribution is 2.39. The van der Waals surface area contributed by atoms with Crippen LogP contribution in [0, 0.1) is 0 Å². The lowest BCUT2D eigenvalue weighted by Gasteiger charge is -2.34. The van der Waals surface area contributed by atoms with Gasteiger partial charge in [0.05, 0.1) is 24.7 Å². The number of allylic oxidation sites excluding steroid dienone is 1. The molecule has 0 unspecified atom stereocenters. The largest absolute Gasteiger partial charge is 0.492 e. The fourth-order valence-electron chi connectivity index (χ4n) is 5.35. The molecular formula is C28H38FN5O6S. The number of aromatic nitrogens is 1. The van der Waals surface area contributed by atoms with Crippen molar-refractivity contribution in [2.75, 3.05) is 56.1 Å². The number of methoxy groups -OCH3 is 1. The van der Waals surface area contributed by atoms with Gasteiger partial charge >= 0.3 is 6.09 Å². The van der Waals surface area contributed by atoms with E-state index in [0.717, 1.165) is 41.5 Å². The van der Waals surface area contributed by atoms with E-state index in [1.165, 1.54) is 12.0 Å². The Morgan fingerprint density at radius 2 is 1.73 bits per heavy atom. The number of sulfonamides is 1. The van der Waals surface area contributed by atoms with Gasteiger partial charge in [0.1, 0.15) is 5.69 Å². The second-order valence-electron chi connectivity index (χ2n) is 11.5. The van der Waals surface area contributed by atoms with Crippen LogP contribution in [0.15, 0.2) is 24.3 Å². The van der Waals surface area contributed by atoms with Crippen molar-refractivity contribution >= 4 is 39.0 Å². The zero-order valence-electron chi connectivity index (χ0n) is 24.3. The topological polar surface area (TPSA) is 122 Å². The normalized spacial score (nSPS) is 16.1. The number of piperazine rings is 1. The van der Waals surface area contributed by atoms with Gasteiger partial charge in [-0.15, -0.1) is 0 Å². The van der Waals surface area contributed by atoms with Gasteiger partial charge in [-0.1, -0.05) is 26.8 Å². The number of aryl methyl sites for hydroxylation is 1. The Balaban J connectivity index is 1.60. The van der Waals surface area contributed by atoms with Crippen molar-refractivity contribution < 1.29 is 32.2 Å². The van der Waals surface area contributed by atoms with Crippen LogP contribution >= 0.6 is 0 Å². The lowest BCUT2D eigenvalue weighted by Crippen LogP contribution is -2.48. The summed E-state index contributed by atoms with van der Waals surface area (Å²) < 4.78 is 46.4. The van der Waals surface area contributed by atoms with E-state index in [9.17, 15) is 22.5 Å². The number of halogens is 1. The monoisotopic (exact) mass is 591 g/mol. The number of hydrogen-bond acceptors (Lipinski definition) is 7. The number of hydrogen-bond donors (Lipinski definition) is 2. The maximum atomic E-state index is 13.7. The Hall–Kier alpha value is -3.58. The molecule has 1 fully saturated rings. The Morgan fingerprint density at radius 3 is 2.32 bits per heavy atom. The number of rotatable bonds is 7. The van der Waals surface area contributed by atoms with Gasteiger partial charge in [0.15, 0.2) is 5.75 Å². The molecule has 0 atom stereocenters. The van der Waals surface area contributed by atoms with Crippen molar-refractivity contribution in [3.63, 3.8) is 0 Å². The Kier molecular flexibility index (Phi) is 8.69. The number of anilines is 2. The number of benzene rings is 1. The van der Waals surface area contributed by atoms with E-state index in [1.54, 1.807) is 12.1 Å². The fraction of sp³-hybridized carbons (Fsp3) is 0.500. The minimum Gasteiger partial charge on any atom is -0.492 e. The highest BCUT2D eigenvalue weighted by atomic mass is 32.2. The van der Waals surface area contributed by atoms with E-state index >= 15 is 0 Å². The van der Waals surface area contributed by atoms with Gasteiger partial charge in [-0.3, -0.25) is 14.4 Å². The van der Waals surface area contributed by atoms with Gasteiger partial charge in [0.2, 0.25) is 10.0 Å². The average molecular weight is 592 g/mol. The minimum atomic E-state index is -3.60. The molecule has 0 bridgehead atoms. The smallest absolute Gasteiger partial charge is 0.447 e. The first-order valence-electron chi connectivity index (χ1n) is 13.4. The number of nitrogens with one attached hydrogen (secondary N) is 2. The highest BCUT2D eigenvalue weighted by molar-refractivity contribution is 7.92. The number of amides is 2. The summed E-state index contributed by atoms with van der Waals surface area (Å²) in [6.45, 7) is 8.51. The molecule has 1 aliphatic heterocycles. The van der Waals surface area contributed by atoms with Crippen LogP contribution in [-0.2, 0) is 33.8 Å². The average Bonchev–Trinajstić information content (AvgIpc) is 3.24. The maximum Gasteiger partial charge on any atom is 0.447 e. The summed E-state index contributed by atoms with van der Waals surface area (Å²) in [5, 5.41) is 2.95. The molecule has 0 saturated carbocycles. The van der Waals surface area contributed by atoms with Crippen molar-refractivity contribution in [1.29, 1.82) is 0 Å². The zero-order chi connectivity index (χ0) is 30.1. The molecule has 2 aromatic rings. The van der Waals surface area contributed by atoms with Crippen LogP contribution in [0.5, 0.6) is 5.75 Å². The van der Waals surface area contributed by atoms with Crippen LogP contribution in [-0.4, -0.2) is 80.9 Å². The molecule has 1 saturated heterocycles. The maximum absolute atomic E-state index is 13.7. The van der Waals surface area contributed by atoms with E-state index in [4.69, 9.17) is 4.74 Å². The number of carbonyl (C=O) groups is 2. The first-order chi connectivity index (χ1) is 19.2. The van der Waals surface area contributed by atoms with E-state index in [2.05, 4.69) is 26.0 Å². The summed E-state index contributed by atoms with van der Waals surface area (Å²) in [7, 11) is -0.332. The molecule has 224 valence electrons. The van der Waals surface area contributed by atoms with Crippen LogP contribution < -0.4 is 14.8 Å². The molecule has 0 radical (unpaired) electrons. The SMILES string of the molecule is COc1c(NC(=O)c2cc3c(n2C)C(CN2CCN(C(=O)OF)CC2)=CCC3)cc(C(C)(C)C)cc1NS(C)(=O)=O. The Bertz CT molecular complexity index is 1470. The Morgan fingerprint density at radius 1 is 1.07 bits per heavy atom. The molecule has 41 heavy (non-hydrogen) atoms. The van der Waals surface area contributed by atoms with E-state index < -0.39 is 16.1 Å². The second kappa shape index (κ2) is 11.7. The number of carbonyl (C=O) groups excluding carboxylic acids is 2. The van der Waals surface area contributed by atoms with Gasteiger partial charge < -0.3 is 19.5 Å². The van der Waals surface area contributed by atoms with Crippen LogP contribution in [0.1, 0.15) is 54.5 Å². The number of nitrogens with zero attached hydrogens (tertiary/aromatic N) is 3. The van der Waals surface area contributed by atoms with Crippen LogP contribution in [0.4, 0.5) is 20.7 Å². The van der Waals surface area contributed by atoms with Crippen LogP contribution in [0.3, 0.4) is 0 Å². The van der Waals surface area contributed by atoms with Crippen molar-refractivity contribution in [3.05, 3.63) is 46.8 Å². The molecule has 1 aromatic heterocycles. The lowest BCUT2D eigenvalue weighted by atomic mass is 9.86. The van der Waals surface area contributed by atoms with E-state index in [1.807, 2.05) is 38.5 Å². The molecular weight excluding hydrogens is 553 g/mol. The van der Waals surface area contributed by atoms with E-state index in [0.29, 0.717) is 44.1 Å². The van der Waals surface area contributed by atoms with Crippen molar-refractivity contribution in [3.8, 4) is 5.75 Å². The summed E-state index contributed by atoms with van der Waals surface area (Å²) >= 11 is 0. The molecule has 11 nitrogen and oxygen atoms in total. The molecule has 4 rings (SSSR count). The quantitative estimate of drug-likeness (QED) is 0.501. The first-order valence-corrected chi connectivity index (χ1v) is 15.3. The standard InChI is InChI=1S/C28H38FN5O6S/c1-28(2,3)20-15-21(25(39-5)22(16-20)31-41(6,37)38)30-26(35)23-14-18-8-7-9-19(24(18)32(23)4)17-33-10-12-34(13-11-33)27(36)40-29/h9,14-16,31H,7-8,10-13,17H2,1-6H3,(H,30,35). The fourth-order valence-corrected chi connectivity index (χ4v) is 5.90. The lowest BCUT2D eigenvalue weighted by molar-refractivity contribution is -0.0829. The van der Waals surface area contributed by atoms with Gasteiger partial charge in [-0.2, -0.15) is 0 Å². The van der Waals surface area contributed by atoms with Gasteiger partial charge in [0.25, 0.3) is 5.91 Å². The molecule has 2 N–H and O–H groups in total. The summed E-state index contributed by atoms with van der Waals surface area (Å²) in [6.07, 6.45) is 3.90. The molecule has 1 aliphatic carbocycles. The number of fused-ring (bicyclic) bond motifs is 1. The molecule has 2 heterocycles. The van der Waals surface area contributed by atoms with Crippen LogP contribution in [0.25, 0.3) is 5.57 Å². The third-order valence-electron chi connectivity index (χ3n) is 7.45. The predicted molar refractivity (Wildman–Crippen MR) is 155 cm³/mol. The zero-order valence-corrected chi connectivity index (χ0v) is 25.2.